The second kappa shape index (κ2) is 9.39. The van der Waals surface area contributed by atoms with Crippen LogP contribution in [0.1, 0.15) is 42.5 Å². The number of nitrogens with one attached hydrogen (secondary N) is 1. The third-order valence-corrected chi connectivity index (χ3v) is 5.52. The van der Waals surface area contributed by atoms with Gasteiger partial charge >= 0.3 is 0 Å². The molecule has 0 aliphatic heterocycles. The molecule has 158 valence electrons. The molecule has 2 aromatic carbocycles. The summed E-state index contributed by atoms with van der Waals surface area (Å²) in [7, 11) is 1.62. The Morgan fingerprint density at radius 3 is 2.37 bits per heavy atom. The Hall–Kier alpha value is -2.73. The van der Waals surface area contributed by atoms with E-state index in [2.05, 4.69) is 17.4 Å². The van der Waals surface area contributed by atoms with E-state index in [0.717, 1.165) is 16.7 Å². The molecule has 0 aliphatic carbocycles. The number of carbonyl (C=O) groups excluding carboxylic acids is 2. The highest BCUT2D eigenvalue weighted by Gasteiger charge is 2.25. The fraction of sp³-hybridized carbons (Fsp3) is 0.333. The summed E-state index contributed by atoms with van der Waals surface area (Å²) >= 11 is 1.73. The highest BCUT2D eigenvalue weighted by Crippen LogP contribution is 2.31. The molecule has 0 saturated carbocycles. The molecule has 0 unspecified atom stereocenters. The molecule has 3 aromatic rings. The SMILES string of the molecule is CN(CC(=O)NC(C)(C)C)C(=O)c1oc2ccccc2c1CSCc1ccccc1. The lowest BCUT2D eigenvalue weighted by atomic mass is 10.1. The van der Waals surface area contributed by atoms with Crippen LogP contribution >= 0.6 is 11.8 Å². The summed E-state index contributed by atoms with van der Waals surface area (Å²) in [6.07, 6.45) is 0. The molecule has 1 N–H and O–H groups in total. The van der Waals surface area contributed by atoms with Gasteiger partial charge in [-0.15, -0.1) is 0 Å². The van der Waals surface area contributed by atoms with Gasteiger partial charge in [-0.2, -0.15) is 11.8 Å². The zero-order valence-electron chi connectivity index (χ0n) is 17.9. The van der Waals surface area contributed by atoms with E-state index in [-0.39, 0.29) is 23.9 Å². The molecule has 3 rings (SSSR count). The molecule has 0 radical (unpaired) electrons. The van der Waals surface area contributed by atoms with E-state index in [0.29, 0.717) is 17.1 Å². The summed E-state index contributed by atoms with van der Waals surface area (Å²) < 4.78 is 5.93. The number of hydrogen-bond donors (Lipinski definition) is 1. The third-order valence-electron chi connectivity index (χ3n) is 4.49. The number of thioether (sulfide) groups is 1. The Labute approximate surface area is 181 Å². The van der Waals surface area contributed by atoms with Gasteiger partial charge in [0.05, 0.1) is 6.54 Å². The number of hydrogen-bond acceptors (Lipinski definition) is 4. The van der Waals surface area contributed by atoms with Crippen molar-refractivity contribution in [1.29, 1.82) is 0 Å². The van der Waals surface area contributed by atoms with Crippen molar-refractivity contribution in [3.8, 4) is 0 Å². The number of para-hydroxylation sites is 1. The minimum absolute atomic E-state index is 0.0241. The first-order valence-electron chi connectivity index (χ1n) is 9.93. The van der Waals surface area contributed by atoms with E-state index in [4.69, 9.17) is 4.42 Å². The average molecular weight is 425 g/mol. The second-order valence-corrected chi connectivity index (χ2v) is 9.33. The molecule has 1 aromatic heterocycles. The lowest BCUT2D eigenvalue weighted by Gasteiger charge is -2.23. The summed E-state index contributed by atoms with van der Waals surface area (Å²) in [6, 6.07) is 17.9. The fourth-order valence-corrected chi connectivity index (χ4v) is 4.20. The van der Waals surface area contributed by atoms with E-state index in [1.54, 1.807) is 18.8 Å². The number of carbonyl (C=O) groups is 2. The third kappa shape index (κ3) is 5.66. The van der Waals surface area contributed by atoms with Crippen molar-refractivity contribution in [2.75, 3.05) is 13.6 Å². The van der Waals surface area contributed by atoms with Crippen molar-refractivity contribution in [1.82, 2.24) is 10.2 Å². The Bertz CT molecular complexity index is 1020. The molecule has 0 spiro atoms. The van der Waals surface area contributed by atoms with Crippen LogP contribution in [0.4, 0.5) is 0 Å². The topological polar surface area (TPSA) is 62.6 Å². The predicted octanol–water partition coefficient (Wildman–Crippen LogP) is 4.85. The van der Waals surface area contributed by atoms with Crippen LogP contribution in [0.25, 0.3) is 11.0 Å². The number of furan rings is 1. The van der Waals surface area contributed by atoms with Crippen LogP contribution < -0.4 is 5.32 Å². The molecule has 0 aliphatic rings. The molecular weight excluding hydrogens is 396 g/mol. The lowest BCUT2D eigenvalue weighted by Crippen LogP contribution is -2.46. The van der Waals surface area contributed by atoms with Crippen LogP contribution in [-0.4, -0.2) is 35.8 Å². The normalized spacial score (nSPS) is 11.5. The number of likely N-dealkylation sites (N-methyl/N-ethyl adjacent to an activating group) is 1. The zero-order chi connectivity index (χ0) is 21.7. The maximum absolute atomic E-state index is 13.1. The Kier molecular flexibility index (Phi) is 6.87. The standard InChI is InChI=1S/C24H28N2O3S/c1-24(2,3)25-21(27)14-26(4)23(28)22-19(18-12-8-9-13-20(18)29-22)16-30-15-17-10-6-5-7-11-17/h5-13H,14-16H2,1-4H3,(H,25,27). The number of nitrogens with zero attached hydrogens (tertiary/aromatic N) is 1. The molecule has 0 fully saturated rings. The number of rotatable bonds is 7. The monoisotopic (exact) mass is 424 g/mol. The highest BCUT2D eigenvalue weighted by molar-refractivity contribution is 7.97. The number of benzene rings is 2. The maximum atomic E-state index is 13.1. The van der Waals surface area contributed by atoms with Gasteiger partial charge in [-0.3, -0.25) is 9.59 Å². The molecule has 1 heterocycles. The van der Waals surface area contributed by atoms with Gasteiger partial charge < -0.3 is 14.6 Å². The second-order valence-electron chi connectivity index (χ2n) is 8.34. The largest absolute Gasteiger partial charge is 0.451 e. The molecule has 0 atom stereocenters. The summed E-state index contributed by atoms with van der Waals surface area (Å²) in [5.74, 6) is 1.31. The minimum Gasteiger partial charge on any atom is -0.451 e. The number of fused-ring (bicyclic) bond motifs is 1. The van der Waals surface area contributed by atoms with Gasteiger partial charge in [0.25, 0.3) is 5.91 Å². The molecule has 30 heavy (non-hydrogen) atoms. The van der Waals surface area contributed by atoms with Crippen LogP contribution in [0.3, 0.4) is 0 Å². The lowest BCUT2D eigenvalue weighted by molar-refractivity contribution is -0.122. The molecule has 0 saturated heterocycles. The quantitative estimate of drug-likeness (QED) is 0.589. The predicted molar refractivity (Wildman–Crippen MR) is 123 cm³/mol. The number of amides is 2. The van der Waals surface area contributed by atoms with Crippen LogP contribution in [-0.2, 0) is 16.3 Å². The van der Waals surface area contributed by atoms with Gasteiger partial charge in [0, 0.05) is 35.0 Å². The van der Waals surface area contributed by atoms with E-state index in [1.807, 2.05) is 63.2 Å². The first kappa shape index (κ1) is 22.0. The van der Waals surface area contributed by atoms with E-state index < -0.39 is 0 Å². The van der Waals surface area contributed by atoms with Crippen molar-refractivity contribution in [2.24, 2.45) is 0 Å². The van der Waals surface area contributed by atoms with Gasteiger partial charge in [-0.05, 0) is 32.4 Å². The summed E-state index contributed by atoms with van der Waals surface area (Å²) in [6.45, 7) is 5.71. The van der Waals surface area contributed by atoms with E-state index >= 15 is 0 Å². The van der Waals surface area contributed by atoms with E-state index in [9.17, 15) is 9.59 Å². The Morgan fingerprint density at radius 1 is 1.00 bits per heavy atom. The summed E-state index contributed by atoms with van der Waals surface area (Å²) in [4.78, 5) is 26.8. The van der Waals surface area contributed by atoms with Crippen LogP contribution in [0.15, 0.2) is 59.0 Å². The molecule has 6 heteroatoms. The average Bonchev–Trinajstić information content (AvgIpc) is 3.05. The Balaban J connectivity index is 1.77. The van der Waals surface area contributed by atoms with Crippen LogP contribution in [0.2, 0.25) is 0 Å². The van der Waals surface area contributed by atoms with Gasteiger partial charge in [0.15, 0.2) is 5.76 Å². The van der Waals surface area contributed by atoms with Gasteiger partial charge in [0.2, 0.25) is 5.91 Å². The van der Waals surface area contributed by atoms with Crippen molar-refractivity contribution >= 4 is 34.5 Å². The smallest absolute Gasteiger partial charge is 0.290 e. The van der Waals surface area contributed by atoms with Crippen molar-refractivity contribution in [3.05, 3.63) is 71.5 Å². The molecule has 5 nitrogen and oxygen atoms in total. The van der Waals surface area contributed by atoms with Gasteiger partial charge in [-0.1, -0.05) is 48.5 Å². The van der Waals surface area contributed by atoms with E-state index in [1.165, 1.54) is 10.5 Å². The highest BCUT2D eigenvalue weighted by atomic mass is 32.2. The fourth-order valence-electron chi connectivity index (χ4n) is 3.18. The Morgan fingerprint density at radius 2 is 1.67 bits per heavy atom. The summed E-state index contributed by atoms with van der Waals surface area (Å²) in [5.41, 5.74) is 2.45. The van der Waals surface area contributed by atoms with Gasteiger partial charge in [0.1, 0.15) is 5.58 Å². The van der Waals surface area contributed by atoms with Crippen LogP contribution in [0, 0.1) is 0 Å². The minimum atomic E-state index is -0.348. The van der Waals surface area contributed by atoms with Crippen molar-refractivity contribution < 1.29 is 14.0 Å². The molecule has 2 amide bonds. The van der Waals surface area contributed by atoms with Crippen molar-refractivity contribution in [2.45, 2.75) is 37.8 Å². The maximum Gasteiger partial charge on any atom is 0.290 e. The first-order chi connectivity index (χ1) is 14.2. The summed E-state index contributed by atoms with van der Waals surface area (Å²) in [5, 5.41) is 3.82. The molecular formula is C24H28N2O3S. The van der Waals surface area contributed by atoms with Gasteiger partial charge in [-0.25, -0.2) is 0 Å². The first-order valence-corrected chi connectivity index (χ1v) is 11.1. The van der Waals surface area contributed by atoms with Crippen LogP contribution in [0.5, 0.6) is 0 Å². The molecule has 0 bridgehead atoms. The van der Waals surface area contributed by atoms with Crippen molar-refractivity contribution in [3.63, 3.8) is 0 Å². The zero-order valence-corrected chi connectivity index (χ0v) is 18.7.